The van der Waals surface area contributed by atoms with Crippen LogP contribution in [-0.2, 0) is 14.3 Å². The van der Waals surface area contributed by atoms with Crippen molar-refractivity contribution in [3.05, 3.63) is 0 Å². The average Bonchev–Trinajstić information content (AvgIpc) is 2.77. The maximum atomic E-state index is 12.1. The number of carbonyl (C=O) groups is 2. The summed E-state index contributed by atoms with van der Waals surface area (Å²) in [7, 11) is 0. The van der Waals surface area contributed by atoms with Gasteiger partial charge in [-0.3, -0.25) is 4.79 Å². The Morgan fingerprint density at radius 1 is 0.742 bits per heavy atom. The summed E-state index contributed by atoms with van der Waals surface area (Å²) in [4.78, 5) is 22.3. The topological polar surface area (TPSA) is 55.4 Å². The van der Waals surface area contributed by atoms with E-state index in [0.29, 0.717) is 6.42 Å². The van der Waals surface area contributed by atoms with Crippen molar-refractivity contribution >= 4 is 12.3 Å². The molecule has 0 aromatic carbocycles. The predicted octanol–water partition coefficient (Wildman–Crippen LogP) is 7.53. The highest BCUT2D eigenvalue weighted by atomic mass is 16.5. The number of hydrogen-bond donors (Lipinski definition) is 1. The van der Waals surface area contributed by atoms with Crippen molar-refractivity contribution in [2.75, 3.05) is 13.1 Å². The fraction of sp³-hybridized carbons (Fsp3) is 0.926. The summed E-state index contributed by atoms with van der Waals surface area (Å²) in [6, 6.07) is 0. The molecule has 0 saturated carbocycles. The molecule has 0 amide bonds. The van der Waals surface area contributed by atoms with Gasteiger partial charge in [0.15, 0.2) is 0 Å². The SMILES string of the molecule is CCCCCCCCC(CC)OC(=O)CCCCCCCNCCCCCCCC=O. The smallest absolute Gasteiger partial charge is 0.306 e. The standard InChI is InChI=1S/C27H53NO3/c1-3-5-6-7-11-16-21-26(4-2)31-27(30)22-17-12-10-14-19-24-28-23-18-13-8-9-15-20-25-29/h25-26,28H,3-24H2,1-2H3. The van der Waals surface area contributed by atoms with Crippen molar-refractivity contribution in [2.24, 2.45) is 0 Å². The van der Waals surface area contributed by atoms with Crippen LogP contribution in [0.5, 0.6) is 0 Å². The molecule has 0 aromatic rings. The van der Waals surface area contributed by atoms with Gasteiger partial charge in [-0.15, -0.1) is 0 Å². The molecule has 1 unspecified atom stereocenters. The van der Waals surface area contributed by atoms with Crippen molar-refractivity contribution in [2.45, 2.75) is 148 Å². The van der Waals surface area contributed by atoms with Gasteiger partial charge in [-0.25, -0.2) is 0 Å². The second-order valence-corrected chi connectivity index (χ2v) is 9.07. The molecule has 1 atom stereocenters. The summed E-state index contributed by atoms with van der Waals surface area (Å²) in [5.41, 5.74) is 0. The quantitative estimate of drug-likeness (QED) is 0.0907. The summed E-state index contributed by atoms with van der Waals surface area (Å²) >= 11 is 0. The summed E-state index contributed by atoms with van der Waals surface area (Å²) in [5, 5.41) is 3.53. The number of aldehydes is 1. The molecular weight excluding hydrogens is 386 g/mol. The van der Waals surface area contributed by atoms with E-state index in [-0.39, 0.29) is 12.1 Å². The second kappa shape index (κ2) is 25.4. The molecule has 0 saturated heterocycles. The molecule has 0 aliphatic heterocycles. The molecule has 0 aliphatic carbocycles. The Balaban J connectivity index is 3.38. The van der Waals surface area contributed by atoms with Crippen LogP contribution in [0.25, 0.3) is 0 Å². The number of unbranched alkanes of at least 4 members (excludes halogenated alkanes) is 14. The van der Waals surface area contributed by atoms with E-state index in [4.69, 9.17) is 4.74 Å². The third-order valence-electron chi connectivity index (χ3n) is 6.04. The number of nitrogens with one attached hydrogen (secondary N) is 1. The van der Waals surface area contributed by atoms with Gasteiger partial charge in [0, 0.05) is 12.8 Å². The molecule has 31 heavy (non-hydrogen) atoms. The van der Waals surface area contributed by atoms with Gasteiger partial charge >= 0.3 is 5.97 Å². The van der Waals surface area contributed by atoms with E-state index < -0.39 is 0 Å². The van der Waals surface area contributed by atoms with Gasteiger partial charge in [0.05, 0.1) is 0 Å². The van der Waals surface area contributed by atoms with Crippen LogP contribution in [0.4, 0.5) is 0 Å². The zero-order valence-corrected chi connectivity index (χ0v) is 20.9. The number of ether oxygens (including phenoxy) is 1. The summed E-state index contributed by atoms with van der Waals surface area (Å²) in [5.74, 6) is 0.00524. The zero-order chi connectivity index (χ0) is 22.8. The van der Waals surface area contributed by atoms with Gasteiger partial charge in [-0.1, -0.05) is 84.5 Å². The Hall–Kier alpha value is -0.900. The van der Waals surface area contributed by atoms with Crippen LogP contribution in [0.15, 0.2) is 0 Å². The number of rotatable bonds is 25. The lowest BCUT2D eigenvalue weighted by molar-refractivity contribution is -0.149. The molecule has 0 aliphatic rings. The van der Waals surface area contributed by atoms with Crippen LogP contribution in [0, 0.1) is 0 Å². The van der Waals surface area contributed by atoms with E-state index in [1.54, 1.807) is 0 Å². The zero-order valence-electron chi connectivity index (χ0n) is 20.9. The lowest BCUT2D eigenvalue weighted by Gasteiger charge is -2.16. The highest BCUT2D eigenvalue weighted by Gasteiger charge is 2.12. The predicted molar refractivity (Wildman–Crippen MR) is 133 cm³/mol. The van der Waals surface area contributed by atoms with Gasteiger partial charge in [0.2, 0.25) is 0 Å². The minimum absolute atomic E-state index is 0.00524. The summed E-state index contributed by atoms with van der Waals surface area (Å²) < 4.78 is 5.68. The van der Waals surface area contributed by atoms with Crippen molar-refractivity contribution < 1.29 is 14.3 Å². The lowest BCUT2D eigenvalue weighted by Crippen LogP contribution is -2.17. The van der Waals surface area contributed by atoms with Crippen molar-refractivity contribution in [3.63, 3.8) is 0 Å². The first-order chi connectivity index (χ1) is 15.2. The molecule has 4 heteroatoms. The number of carbonyl (C=O) groups excluding carboxylic acids is 2. The Morgan fingerprint density at radius 2 is 1.29 bits per heavy atom. The largest absolute Gasteiger partial charge is 0.462 e. The molecule has 1 N–H and O–H groups in total. The van der Waals surface area contributed by atoms with Gasteiger partial charge < -0.3 is 14.8 Å². The Kier molecular flexibility index (Phi) is 24.6. The molecule has 0 heterocycles. The van der Waals surface area contributed by atoms with Crippen LogP contribution in [0.3, 0.4) is 0 Å². The van der Waals surface area contributed by atoms with Crippen LogP contribution < -0.4 is 5.32 Å². The normalized spacial score (nSPS) is 12.1. The fourth-order valence-electron chi connectivity index (χ4n) is 3.93. The Labute approximate surface area is 193 Å². The second-order valence-electron chi connectivity index (χ2n) is 9.07. The first-order valence-electron chi connectivity index (χ1n) is 13.6. The molecule has 4 nitrogen and oxygen atoms in total. The van der Waals surface area contributed by atoms with E-state index in [9.17, 15) is 9.59 Å². The van der Waals surface area contributed by atoms with Crippen LogP contribution in [0.1, 0.15) is 142 Å². The molecule has 0 fully saturated rings. The minimum atomic E-state index is 0.00524. The third-order valence-corrected chi connectivity index (χ3v) is 6.04. The monoisotopic (exact) mass is 439 g/mol. The maximum Gasteiger partial charge on any atom is 0.306 e. The van der Waals surface area contributed by atoms with Gasteiger partial charge in [-0.2, -0.15) is 0 Å². The van der Waals surface area contributed by atoms with Crippen LogP contribution in [0.2, 0.25) is 0 Å². The van der Waals surface area contributed by atoms with E-state index >= 15 is 0 Å². The first-order valence-corrected chi connectivity index (χ1v) is 13.6. The van der Waals surface area contributed by atoms with Crippen LogP contribution >= 0.6 is 0 Å². The fourth-order valence-corrected chi connectivity index (χ4v) is 3.93. The highest BCUT2D eigenvalue weighted by Crippen LogP contribution is 2.14. The Morgan fingerprint density at radius 3 is 1.90 bits per heavy atom. The molecule has 0 rings (SSSR count). The first kappa shape index (κ1) is 30.1. The van der Waals surface area contributed by atoms with Gasteiger partial charge in [0.1, 0.15) is 12.4 Å². The van der Waals surface area contributed by atoms with E-state index in [1.165, 1.54) is 83.5 Å². The van der Waals surface area contributed by atoms with Crippen LogP contribution in [-0.4, -0.2) is 31.4 Å². The van der Waals surface area contributed by atoms with Gasteiger partial charge in [0.25, 0.3) is 0 Å². The lowest BCUT2D eigenvalue weighted by atomic mass is 10.1. The molecule has 0 radical (unpaired) electrons. The average molecular weight is 440 g/mol. The van der Waals surface area contributed by atoms with E-state index in [0.717, 1.165) is 57.9 Å². The van der Waals surface area contributed by atoms with Crippen molar-refractivity contribution in [3.8, 4) is 0 Å². The molecule has 0 spiro atoms. The summed E-state index contributed by atoms with van der Waals surface area (Å²) in [6.07, 6.45) is 23.9. The van der Waals surface area contributed by atoms with Crippen molar-refractivity contribution in [1.82, 2.24) is 5.32 Å². The molecule has 0 bridgehead atoms. The number of esters is 1. The van der Waals surface area contributed by atoms with Crippen molar-refractivity contribution in [1.29, 1.82) is 0 Å². The van der Waals surface area contributed by atoms with E-state index in [1.807, 2.05) is 0 Å². The molecule has 184 valence electrons. The van der Waals surface area contributed by atoms with Gasteiger partial charge in [-0.05, 0) is 58.0 Å². The Bertz CT molecular complexity index is 387. The maximum absolute atomic E-state index is 12.1. The van der Waals surface area contributed by atoms with E-state index in [2.05, 4.69) is 19.2 Å². The minimum Gasteiger partial charge on any atom is -0.462 e. The highest BCUT2D eigenvalue weighted by molar-refractivity contribution is 5.69. The molecular formula is C27H53NO3. The third kappa shape index (κ3) is 23.6. The molecule has 0 aromatic heterocycles. The number of hydrogen-bond acceptors (Lipinski definition) is 4. The summed E-state index contributed by atoms with van der Waals surface area (Å²) in [6.45, 7) is 6.58.